The number of hydrogen-bond acceptors (Lipinski definition) is 2. The number of carbonyl (C=O) groups excluding carboxylic acids is 1. The fourth-order valence-electron chi connectivity index (χ4n) is 2.69. The molecule has 1 aromatic rings. The Morgan fingerprint density at radius 3 is 2.32 bits per heavy atom. The Kier molecular flexibility index (Phi) is 4.53. The van der Waals surface area contributed by atoms with Crippen molar-refractivity contribution in [2.75, 3.05) is 19.0 Å². The van der Waals surface area contributed by atoms with Crippen molar-refractivity contribution in [3.05, 3.63) is 30.1 Å². The van der Waals surface area contributed by atoms with Crippen molar-refractivity contribution in [2.24, 2.45) is 5.92 Å². The fraction of sp³-hybridized carbons (Fsp3) is 0.533. The number of anilines is 1. The zero-order valence-corrected chi connectivity index (χ0v) is 11.5. The average molecular weight is 264 g/mol. The van der Waals surface area contributed by atoms with Gasteiger partial charge < -0.3 is 10.2 Å². The lowest BCUT2D eigenvalue weighted by Gasteiger charge is -2.30. The highest BCUT2D eigenvalue weighted by atomic mass is 19.1. The van der Waals surface area contributed by atoms with E-state index in [4.69, 9.17) is 0 Å². The van der Waals surface area contributed by atoms with E-state index in [0.29, 0.717) is 6.04 Å². The van der Waals surface area contributed by atoms with Gasteiger partial charge in [0.05, 0.1) is 0 Å². The molecule has 0 spiro atoms. The van der Waals surface area contributed by atoms with Gasteiger partial charge in [-0.3, -0.25) is 4.79 Å². The number of nitrogens with one attached hydrogen (secondary N) is 1. The normalized spacial score (nSPS) is 23.1. The maximum absolute atomic E-state index is 12.9. The first-order valence-corrected chi connectivity index (χ1v) is 6.82. The molecule has 0 aromatic heterocycles. The fourth-order valence-corrected chi connectivity index (χ4v) is 2.69. The number of hydrogen-bond donors (Lipinski definition) is 1. The lowest BCUT2D eigenvalue weighted by molar-refractivity contribution is -0.123. The molecule has 3 nitrogen and oxygen atoms in total. The summed E-state index contributed by atoms with van der Waals surface area (Å²) in [7, 11) is 3.73. The lowest BCUT2D eigenvalue weighted by Crippen LogP contribution is -2.38. The Balaban J connectivity index is 1.98. The number of nitrogens with zero attached hydrogens (tertiary/aromatic N) is 1. The highest BCUT2D eigenvalue weighted by Gasteiger charge is 2.28. The van der Waals surface area contributed by atoms with Gasteiger partial charge in [0.25, 0.3) is 0 Å². The van der Waals surface area contributed by atoms with Gasteiger partial charge in [-0.25, -0.2) is 4.39 Å². The van der Waals surface area contributed by atoms with E-state index in [9.17, 15) is 9.18 Å². The van der Waals surface area contributed by atoms with E-state index < -0.39 is 0 Å². The summed E-state index contributed by atoms with van der Waals surface area (Å²) in [4.78, 5) is 14.0. The van der Waals surface area contributed by atoms with Crippen molar-refractivity contribution < 1.29 is 9.18 Å². The molecule has 104 valence electrons. The first kappa shape index (κ1) is 14.0. The minimum Gasteiger partial charge on any atom is -0.317 e. The van der Waals surface area contributed by atoms with Gasteiger partial charge in [-0.1, -0.05) is 0 Å². The summed E-state index contributed by atoms with van der Waals surface area (Å²) in [6.07, 6.45) is 3.94. The minimum absolute atomic E-state index is 0.0969. The van der Waals surface area contributed by atoms with E-state index in [0.717, 1.165) is 31.4 Å². The maximum Gasteiger partial charge on any atom is 0.229 e. The third-order valence-corrected chi connectivity index (χ3v) is 4.03. The van der Waals surface area contributed by atoms with Crippen molar-refractivity contribution in [3.63, 3.8) is 0 Å². The summed E-state index contributed by atoms with van der Waals surface area (Å²) in [5.41, 5.74) is 0.752. The van der Waals surface area contributed by atoms with Gasteiger partial charge in [0.15, 0.2) is 0 Å². The van der Waals surface area contributed by atoms with Crippen LogP contribution in [0.25, 0.3) is 0 Å². The van der Waals surface area contributed by atoms with Crippen LogP contribution >= 0.6 is 0 Å². The Hall–Kier alpha value is -1.42. The van der Waals surface area contributed by atoms with E-state index in [-0.39, 0.29) is 17.6 Å². The minimum atomic E-state index is -0.279. The van der Waals surface area contributed by atoms with Crippen LogP contribution in [0.4, 0.5) is 10.1 Å². The Bertz CT molecular complexity index is 424. The summed E-state index contributed by atoms with van der Waals surface area (Å²) >= 11 is 0. The number of amides is 1. The molecule has 2 rings (SSSR count). The molecule has 1 fully saturated rings. The van der Waals surface area contributed by atoms with Gasteiger partial charge in [-0.2, -0.15) is 0 Å². The first-order valence-electron chi connectivity index (χ1n) is 6.82. The number of benzene rings is 1. The summed E-state index contributed by atoms with van der Waals surface area (Å²) in [5, 5.41) is 3.26. The van der Waals surface area contributed by atoms with Gasteiger partial charge in [-0.05, 0) is 57.0 Å². The lowest BCUT2D eigenvalue weighted by atomic mass is 9.85. The molecule has 0 radical (unpaired) electrons. The van der Waals surface area contributed by atoms with Crippen LogP contribution in [0.3, 0.4) is 0 Å². The topological polar surface area (TPSA) is 32.3 Å². The van der Waals surface area contributed by atoms with Crippen molar-refractivity contribution in [2.45, 2.75) is 31.7 Å². The molecular formula is C15H21FN2O. The third kappa shape index (κ3) is 3.32. The van der Waals surface area contributed by atoms with Crippen LogP contribution in [-0.2, 0) is 4.79 Å². The molecule has 0 aliphatic heterocycles. The smallest absolute Gasteiger partial charge is 0.229 e. The van der Waals surface area contributed by atoms with Crippen molar-refractivity contribution in [1.29, 1.82) is 0 Å². The van der Waals surface area contributed by atoms with Crippen LogP contribution in [0.2, 0.25) is 0 Å². The molecule has 1 aliphatic carbocycles. The predicted molar refractivity (Wildman–Crippen MR) is 74.6 cm³/mol. The number of halogens is 1. The third-order valence-electron chi connectivity index (χ3n) is 4.03. The second-order valence-corrected chi connectivity index (χ2v) is 5.21. The maximum atomic E-state index is 12.9. The molecule has 0 saturated heterocycles. The molecule has 0 unspecified atom stereocenters. The second kappa shape index (κ2) is 6.15. The van der Waals surface area contributed by atoms with Crippen molar-refractivity contribution in [3.8, 4) is 0 Å². The quantitative estimate of drug-likeness (QED) is 0.910. The molecule has 4 heteroatoms. The highest BCUT2D eigenvalue weighted by molar-refractivity contribution is 5.94. The van der Waals surface area contributed by atoms with Gasteiger partial charge in [0.2, 0.25) is 5.91 Å². The number of carbonyl (C=O) groups is 1. The SMILES string of the molecule is CNC1CCC(C(=O)N(C)c2ccc(F)cc2)CC1. The molecule has 0 heterocycles. The summed E-state index contributed by atoms with van der Waals surface area (Å²) < 4.78 is 12.9. The predicted octanol–water partition coefficient (Wildman–Crippen LogP) is 2.57. The molecular weight excluding hydrogens is 243 g/mol. The molecule has 1 aromatic carbocycles. The van der Waals surface area contributed by atoms with Crippen LogP contribution in [0.1, 0.15) is 25.7 Å². The van der Waals surface area contributed by atoms with Gasteiger partial charge >= 0.3 is 0 Å². The van der Waals surface area contributed by atoms with E-state index in [1.807, 2.05) is 7.05 Å². The largest absolute Gasteiger partial charge is 0.317 e. The Labute approximate surface area is 113 Å². The van der Waals surface area contributed by atoms with Crippen LogP contribution < -0.4 is 10.2 Å². The molecule has 1 aliphatic rings. The standard InChI is InChI=1S/C15H21FN2O/c1-17-13-7-3-11(4-8-13)15(19)18(2)14-9-5-12(16)6-10-14/h5-6,9-11,13,17H,3-4,7-8H2,1-2H3. The molecule has 1 saturated carbocycles. The zero-order valence-electron chi connectivity index (χ0n) is 11.5. The van der Waals surface area contributed by atoms with E-state index in [2.05, 4.69) is 5.32 Å². The number of rotatable bonds is 3. The monoisotopic (exact) mass is 264 g/mol. The first-order chi connectivity index (χ1) is 9.11. The van der Waals surface area contributed by atoms with Crippen molar-refractivity contribution in [1.82, 2.24) is 5.32 Å². The Morgan fingerprint density at radius 1 is 1.21 bits per heavy atom. The van der Waals surface area contributed by atoms with E-state index in [1.54, 1.807) is 24.1 Å². The second-order valence-electron chi connectivity index (χ2n) is 5.21. The van der Waals surface area contributed by atoms with Crippen LogP contribution in [0.15, 0.2) is 24.3 Å². The molecule has 1 N–H and O–H groups in total. The average Bonchev–Trinajstić information content (AvgIpc) is 2.46. The highest BCUT2D eigenvalue weighted by Crippen LogP contribution is 2.27. The van der Waals surface area contributed by atoms with E-state index >= 15 is 0 Å². The molecule has 0 atom stereocenters. The van der Waals surface area contributed by atoms with Crippen LogP contribution in [0.5, 0.6) is 0 Å². The van der Waals surface area contributed by atoms with E-state index in [1.165, 1.54) is 12.1 Å². The molecule has 0 bridgehead atoms. The summed E-state index contributed by atoms with van der Waals surface area (Å²) in [6, 6.07) is 6.60. The van der Waals surface area contributed by atoms with Crippen LogP contribution in [-0.4, -0.2) is 26.0 Å². The Morgan fingerprint density at radius 2 is 1.79 bits per heavy atom. The summed E-state index contributed by atoms with van der Waals surface area (Å²) in [6.45, 7) is 0. The van der Waals surface area contributed by atoms with Crippen LogP contribution in [0, 0.1) is 11.7 Å². The molecule has 1 amide bonds. The van der Waals surface area contributed by atoms with Gasteiger partial charge in [0, 0.05) is 24.7 Å². The molecule has 19 heavy (non-hydrogen) atoms. The zero-order chi connectivity index (χ0) is 13.8. The van der Waals surface area contributed by atoms with Gasteiger partial charge in [0.1, 0.15) is 5.82 Å². The summed E-state index contributed by atoms with van der Waals surface area (Å²) in [5.74, 6) is -0.0417. The van der Waals surface area contributed by atoms with Crippen molar-refractivity contribution >= 4 is 11.6 Å². The van der Waals surface area contributed by atoms with Gasteiger partial charge in [-0.15, -0.1) is 0 Å².